The third-order valence-corrected chi connectivity index (χ3v) is 11.8. The molecular weight excluding hydrogens is 752 g/mol. The maximum atomic E-state index is 15.4. The number of carbonyl (C=O) groups excluding carboxylic acids is 4. The van der Waals surface area contributed by atoms with E-state index in [1.54, 1.807) is 45.0 Å². The molecule has 1 unspecified atom stereocenters. The molecule has 2 fully saturated rings. The number of halogens is 3. The zero-order chi connectivity index (χ0) is 42.0. The van der Waals surface area contributed by atoms with Crippen molar-refractivity contribution in [3.05, 3.63) is 53.6 Å². The lowest BCUT2D eigenvalue weighted by Gasteiger charge is -2.31. The summed E-state index contributed by atoms with van der Waals surface area (Å²) in [5.41, 5.74) is 2.62. The number of imidazole rings is 1. The number of hydrogen-bond donors (Lipinski definition) is 5. The molecule has 4 amide bonds. The highest BCUT2D eigenvalue weighted by molar-refractivity contribution is 5.93. The summed E-state index contributed by atoms with van der Waals surface area (Å²) in [5, 5.41) is 12.2. The van der Waals surface area contributed by atoms with Crippen molar-refractivity contribution < 1.29 is 32.3 Å². The number of alkyl halides is 1. The first kappa shape index (κ1) is 42.6. The average Bonchev–Trinajstić information content (AvgIpc) is 3.98. The second-order valence-electron chi connectivity index (χ2n) is 16.1. The lowest BCUT2D eigenvalue weighted by molar-refractivity contribution is -0.138. The number of fused-ring (bicyclic) bond motifs is 2. The number of likely N-dealkylation sites (tertiary alicyclic amines) is 2. The van der Waals surface area contributed by atoms with Gasteiger partial charge in [0, 0.05) is 48.6 Å². The van der Waals surface area contributed by atoms with Crippen LogP contribution in [0.15, 0.2) is 36.4 Å². The number of nitrogens with one attached hydrogen (secondary N) is 5. The highest BCUT2D eigenvalue weighted by Crippen LogP contribution is 2.37. The van der Waals surface area contributed by atoms with E-state index in [0.29, 0.717) is 58.4 Å². The van der Waals surface area contributed by atoms with Gasteiger partial charge in [0.25, 0.3) is 0 Å². The van der Waals surface area contributed by atoms with Gasteiger partial charge in [-0.3, -0.25) is 19.2 Å². The van der Waals surface area contributed by atoms with Gasteiger partial charge in [-0.2, -0.15) is 0 Å². The fourth-order valence-electron chi connectivity index (χ4n) is 8.26. The molecule has 2 aliphatic rings. The lowest BCUT2D eigenvalue weighted by atomic mass is 9.98. The molecule has 13 nitrogen and oxygen atoms in total. The molecule has 2 saturated heterocycles. The Balaban J connectivity index is 1.39. The van der Waals surface area contributed by atoms with E-state index in [1.165, 1.54) is 29.2 Å². The minimum Gasteiger partial charge on any atom is -0.352 e. The maximum Gasteiger partial charge on any atom is 0.245 e. The van der Waals surface area contributed by atoms with Crippen LogP contribution in [0.2, 0.25) is 0 Å². The lowest BCUT2D eigenvalue weighted by Crippen LogP contribution is -2.55. The third-order valence-electron chi connectivity index (χ3n) is 11.8. The van der Waals surface area contributed by atoms with Crippen LogP contribution < -0.4 is 21.3 Å². The number of rotatable bonds is 15. The predicted molar refractivity (Wildman–Crippen MR) is 216 cm³/mol. The minimum atomic E-state index is -1.31. The van der Waals surface area contributed by atoms with E-state index in [9.17, 15) is 28.0 Å². The standard InChI is InChI=1S/C42H56F3N9O4/c1-8-32(50-39(55)23(4)46-6)41(57)52-15-9-10-28(52)21-54-35-14-12-26(44)18-34(35)49-38(54)37-31(30-13-11-25(43)17-33(30)48-37)19-29-16-27(45)20-53(29)42(58)36(22(2)3)51-40(56)24(5)47-7/h11-14,17-18,22-24,27-29,32,36,46-48H,8-10,15-16,19-21H2,1-7H3,(H,50,55)(H,51,56)/t23-,24-,27-,28-,29-,32-,36?/m0/s1. The molecule has 0 bridgehead atoms. The molecule has 4 heterocycles. The summed E-state index contributed by atoms with van der Waals surface area (Å²) in [6.07, 6.45) is 0.726. The topological polar surface area (TPSA) is 156 Å². The van der Waals surface area contributed by atoms with Crippen LogP contribution in [0.3, 0.4) is 0 Å². The van der Waals surface area contributed by atoms with Gasteiger partial charge < -0.3 is 40.6 Å². The Bertz CT molecular complexity index is 2150. The molecule has 2 aliphatic heterocycles. The molecule has 7 atom stereocenters. The Hall–Kier alpha value is -4.96. The first-order valence-corrected chi connectivity index (χ1v) is 20.3. The monoisotopic (exact) mass is 807 g/mol. The van der Waals surface area contributed by atoms with Crippen molar-refractivity contribution >= 4 is 45.6 Å². The van der Waals surface area contributed by atoms with Gasteiger partial charge in [-0.05, 0) is 95.4 Å². The molecule has 4 aromatic rings. The number of likely N-dealkylation sites (N-methyl/N-ethyl adjacent to an activating group) is 2. The first-order valence-electron chi connectivity index (χ1n) is 20.3. The van der Waals surface area contributed by atoms with Crippen LogP contribution >= 0.6 is 0 Å². The van der Waals surface area contributed by atoms with Gasteiger partial charge in [-0.25, -0.2) is 18.2 Å². The molecule has 2 aromatic carbocycles. The molecule has 2 aromatic heterocycles. The van der Waals surface area contributed by atoms with Crippen molar-refractivity contribution in [3.8, 4) is 11.5 Å². The second-order valence-corrected chi connectivity index (χ2v) is 16.1. The molecule has 0 radical (unpaired) electrons. The van der Waals surface area contributed by atoms with Crippen LogP contribution in [0, 0.1) is 17.6 Å². The van der Waals surface area contributed by atoms with Crippen molar-refractivity contribution in [1.29, 1.82) is 0 Å². The Morgan fingerprint density at radius 3 is 2.24 bits per heavy atom. The van der Waals surface area contributed by atoms with Crippen molar-refractivity contribution in [1.82, 2.24) is 45.6 Å². The van der Waals surface area contributed by atoms with E-state index in [-0.39, 0.29) is 61.5 Å². The Morgan fingerprint density at radius 2 is 1.57 bits per heavy atom. The highest BCUT2D eigenvalue weighted by atomic mass is 19.1. The van der Waals surface area contributed by atoms with Gasteiger partial charge in [0.05, 0.1) is 35.4 Å². The molecule has 58 heavy (non-hydrogen) atoms. The smallest absolute Gasteiger partial charge is 0.245 e. The van der Waals surface area contributed by atoms with Gasteiger partial charge in [-0.1, -0.05) is 20.8 Å². The predicted octanol–water partition coefficient (Wildman–Crippen LogP) is 4.19. The average molecular weight is 808 g/mol. The maximum absolute atomic E-state index is 15.4. The van der Waals surface area contributed by atoms with Crippen molar-refractivity contribution in [2.45, 2.75) is 116 Å². The fraction of sp³-hybridized carbons (Fsp3) is 0.548. The number of benzene rings is 2. The molecule has 6 rings (SSSR count). The van der Waals surface area contributed by atoms with Crippen molar-refractivity contribution in [3.63, 3.8) is 0 Å². The molecule has 0 aliphatic carbocycles. The van der Waals surface area contributed by atoms with Gasteiger partial charge in [0.15, 0.2) is 5.82 Å². The number of aromatic amines is 1. The number of H-pyrrole nitrogens is 1. The molecule has 16 heteroatoms. The van der Waals surface area contributed by atoms with Gasteiger partial charge in [-0.15, -0.1) is 0 Å². The zero-order valence-corrected chi connectivity index (χ0v) is 34.3. The number of aromatic nitrogens is 3. The fourth-order valence-corrected chi connectivity index (χ4v) is 8.26. The van der Waals surface area contributed by atoms with Gasteiger partial charge in [0.2, 0.25) is 23.6 Å². The van der Waals surface area contributed by atoms with Crippen molar-refractivity contribution in [2.24, 2.45) is 5.92 Å². The Morgan fingerprint density at radius 1 is 0.897 bits per heavy atom. The van der Waals surface area contributed by atoms with E-state index in [2.05, 4.69) is 26.3 Å². The first-order chi connectivity index (χ1) is 27.6. The highest BCUT2D eigenvalue weighted by Gasteiger charge is 2.41. The van der Waals surface area contributed by atoms with Crippen LogP contribution in [-0.4, -0.2) is 118 Å². The van der Waals surface area contributed by atoms with E-state index in [4.69, 9.17) is 4.98 Å². The third kappa shape index (κ3) is 8.72. The summed E-state index contributed by atoms with van der Waals surface area (Å²) in [5.74, 6) is -2.03. The second kappa shape index (κ2) is 17.9. The van der Waals surface area contributed by atoms with Crippen LogP contribution in [0.4, 0.5) is 13.2 Å². The van der Waals surface area contributed by atoms with E-state index in [1.807, 2.05) is 25.3 Å². The summed E-state index contributed by atoms with van der Waals surface area (Å²) in [6.45, 7) is 9.54. The SMILES string of the molecule is CC[C@H](NC(=O)[C@H](C)NC)C(=O)N1CCC[C@H]1Cn1c(-c2[nH]c3cc(F)ccc3c2C[C@@H]2C[C@H](F)CN2C(=O)C(NC(=O)[C@H](C)NC)C(C)C)nc2cc(F)ccc21. The van der Waals surface area contributed by atoms with Crippen LogP contribution in [0.5, 0.6) is 0 Å². The molecule has 314 valence electrons. The number of hydrogen-bond acceptors (Lipinski definition) is 7. The van der Waals surface area contributed by atoms with Gasteiger partial charge in [0.1, 0.15) is 29.9 Å². The quantitative estimate of drug-likeness (QED) is 0.121. The number of nitrogens with zero attached hydrogens (tertiary/aromatic N) is 4. The van der Waals surface area contributed by atoms with Crippen LogP contribution in [0.1, 0.15) is 65.9 Å². The largest absolute Gasteiger partial charge is 0.352 e. The van der Waals surface area contributed by atoms with E-state index >= 15 is 4.39 Å². The van der Waals surface area contributed by atoms with E-state index in [0.717, 1.165) is 6.42 Å². The molecule has 0 saturated carbocycles. The van der Waals surface area contributed by atoms with E-state index < -0.39 is 48.0 Å². The molecule has 0 spiro atoms. The van der Waals surface area contributed by atoms with Gasteiger partial charge >= 0.3 is 0 Å². The van der Waals surface area contributed by atoms with Crippen molar-refractivity contribution in [2.75, 3.05) is 27.2 Å². The summed E-state index contributed by atoms with van der Waals surface area (Å²) in [4.78, 5) is 65.5. The number of amides is 4. The minimum absolute atomic E-state index is 0.0493. The molecular formula is C42H56F3N9O4. The summed E-state index contributed by atoms with van der Waals surface area (Å²) >= 11 is 0. The summed E-state index contributed by atoms with van der Waals surface area (Å²) in [7, 11) is 3.32. The van der Waals surface area contributed by atoms with Crippen LogP contribution in [-0.2, 0) is 32.1 Å². The summed E-state index contributed by atoms with van der Waals surface area (Å²) in [6, 6.07) is 5.11. The summed E-state index contributed by atoms with van der Waals surface area (Å²) < 4.78 is 46.9. The number of carbonyl (C=O) groups is 4. The molecule has 5 N–H and O–H groups in total. The zero-order valence-electron chi connectivity index (χ0n) is 34.3. The Kier molecular flexibility index (Phi) is 13.2. The Labute approximate surface area is 336 Å². The van der Waals surface area contributed by atoms with Crippen LogP contribution in [0.25, 0.3) is 33.5 Å². The normalized spacial score (nSPS) is 20.5.